The Kier molecular flexibility index (Phi) is 16.6. The Morgan fingerprint density at radius 1 is 0.681 bits per heavy atom. The number of para-hydroxylation sites is 2. The van der Waals surface area contributed by atoms with Gasteiger partial charge in [0.15, 0.2) is 16.7 Å². The summed E-state index contributed by atoms with van der Waals surface area (Å²) in [7, 11) is 0. The molecule has 6 N–H and O–H groups in total. The fourth-order valence-corrected chi connectivity index (χ4v) is 8.43. The zero-order chi connectivity index (χ0) is 47.8. The Morgan fingerprint density at radius 2 is 1.23 bits per heavy atom. The van der Waals surface area contributed by atoms with Crippen LogP contribution in [0.15, 0.2) is 127 Å². The van der Waals surface area contributed by atoms with Gasteiger partial charge in [-0.1, -0.05) is 121 Å². The van der Waals surface area contributed by atoms with E-state index in [0.717, 1.165) is 64.9 Å². The first-order valence-electron chi connectivity index (χ1n) is 22.2. The molecule has 0 bridgehead atoms. The zero-order valence-electron chi connectivity index (χ0n) is 37.5. The van der Waals surface area contributed by atoms with E-state index in [1.165, 1.54) is 28.7 Å². The molecule has 0 radical (unpaired) electrons. The van der Waals surface area contributed by atoms with Crippen molar-refractivity contribution >= 4 is 62.6 Å². The summed E-state index contributed by atoms with van der Waals surface area (Å²) >= 11 is 2.87. The number of hydrogen-bond acceptors (Lipinski definition) is 18. The van der Waals surface area contributed by atoms with Gasteiger partial charge in [0, 0.05) is 54.0 Å². The number of nitrogens with zero attached hydrogens (tertiary/aromatic N) is 9. The number of unbranched alkanes of at least 4 members (excludes halogenated alkanes) is 1. The number of anilines is 5. The van der Waals surface area contributed by atoms with Gasteiger partial charge in [0.1, 0.15) is 33.5 Å². The summed E-state index contributed by atoms with van der Waals surface area (Å²) < 4.78 is 5.44. The molecule has 5 heterocycles. The molecule has 1 aliphatic heterocycles. The van der Waals surface area contributed by atoms with E-state index < -0.39 is 11.9 Å². The number of aliphatic hydroxyl groups is 2. The Bertz CT molecular complexity index is 2920. The first-order valence-corrected chi connectivity index (χ1v) is 23.9. The van der Waals surface area contributed by atoms with Crippen LogP contribution >= 0.6 is 22.7 Å². The van der Waals surface area contributed by atoms with Gasteiger partial charge < -0.3 is 41.1 Å². The van der Waals surface area contributed by atoms with Gasteiger partial charge >= 0.3 is 0 Å². The number of rotatable bonds is 17. The third-order valence-electron chi connectivity index (χ3n) is 10.5. The van der Waals surface area contributed by atoms with Crippen molar-refractivity contribution in [2.45, 2.75) is 25.8 Å². The largest absolute Gasteiger partial charge is 0.394 e. The predicted molar refractivity (Wildman–Crippen MR) is 270 cm³/mol. The molecule has 69 heavy (non-hydrogen) atoms. The van der Waals surface area contributed by atoms with Gasteiger partial charge in [0.05, 0.1) is 43.8 Å². The topological polar surface area (TPSA) is 238 Å². The number of aromatic nitrogens is 8. The van der Waals surface area contributed by atoms with Crippen LogP contribution in [0.5, 0.6) is 0 Å². The zero-order valence-corrected chi connectivity index (χ0v) is 39.2. The molecule has 0 unspecified atom stereocenters. The van der Waals surface area contributed by atoms with Crippen LogP contribution in [0.3, 0.4) is 0 Å². The van der Waals surface area contributed by atoms with Crippen molar-refractivity contribution in [3.8, 4) is 43.9 Å². The van der Waals surface area contributed by atoms with E-state index in [9.17, 15) is 19.8 Å². The lowest BCUT2D eigenvalue weighted by atomic mass is 10.1. The van der Waals surface area contributed by atoms with Crippen LogP contribution in [-0.2, 0) is 4.74 Å². The molecule has 1 saturated heterocycles. The van der Waals surface area contributed by atoms with Crippen molar-refractivity contribution in [2.75, 3.05) is 72.2 Å². The summed E-state index contributed by atoms with van der Waals surface area (Å²) in [6.07, 6.45) is 2.07. The van der Waals surface area contributed by atoms with Crippen LogP contribution < -0.4 is 26.2 Å². The van der Waals surface area contributed by atoms with Crippen LogP contribution in [0.1, 0.15) is 40.7 Å². The van der Waals surface area contributed by atoms with Crippen molar-refractivity contribution < 1.29 is 24.5 Å². The van der Waals surface area contributed by atoms with E-state index in [-0.39, 0.29) is 30.5 Å². The van der Waals surface area contributed by atoms with E-state index in [4.69, 9.17) is 4.74 Å². The van der Waals surface area contributed by atoms with E-state index >= 15 is 0 Å². The quantitative estimate of drug-likeness (QED) is 0.0481. The van der Waals surface area contributed by atoms with E-state index in [2.05, 4.69) is 73.4 Å². The number of amides is 2. The molecule has 9 rings (SSSR count). The molecule has 20 heteroatoms. The standard InChI is InChI=1S/C27H29N7O2S.C22H20N6O3S/c1-2-3-13-28-23-18-22(29-24(31-23)19-9-5-4-6-10-19)25(35)30-21-12-8-7-11-20(21)26-32-33-27(37-26)34-14-16-36-17-15-34;29-11-15(12-30)24-19-10-18(25-20(27-19)14-6-2-1-3-7-14)21(31)26-17-9-5-4-8-16(17)22-28-23-13-32-22/h4-12,18H,2-3,13-17H2,1H3,(H,30,35)(H,28,29,31);1-10,13,15,29-30H,11-12H2,(H,26,31)(H,24,25,27). The number of hydrogen-bond donors (Lipinski definition) is 6. The molecule has 0 saturated carbocycles. The van der Waals surface area contributed by atoms with Crippen LogP contribution in [-0.4, -0.2) is 114 Å². The molecule has 1 fully saturated rings. The minimum atomic E-state index is -0.623. The summed E-state index contributed by atoms with van der Waals surface area (Å²) in [4.78, 5) is 46.9. The van der Waals surface area contributed by atoms with Gasteiger partial charge in [-0.15, -0.1) is 20.4 Å². The van der Waals surface area contributed by atoms with E-state index in [1.54, 1.807) is 17.6 Å². The maximum Gasteiger partial charge on any atom is 0.274 e. The molecule has 352 valence electrons. The van der Waals surface area contributed by atoms with Gasteiger partial charge in [-0.2, -0.15) is 0 Å². The number of nitrogens with one attached hydrogen (secondary N) is 4. The fraction of sp³-hybridized carbons (Fsp3) is 0.224. The summed E-state index contributed by atoms with van der Waals surface area (Å²) in [6.45, 7) is 5.26. The highest BCUT2D eigenvalue weighted by Gasteiger charge is 2.21. The molecule has 0 aliphatic carbocycles. The summed E-state index contributed by atoms with van der Waals surface area (Å²) in [5.74, 6) is 1.03. The number of morpholine rings is 1. The number of carbonyl (C=O) groups is 2. The summed E-state index contributed by atoms with van der Waals surface area (Å²) in [5, 5.41) is 50.0. The lowest BCUT2D eigenvalue weighted by Gasteiger charge is -2.25. The van der Waals surface area contributed by atoms with Gasteiger partial charge in [0.2, 0.25) is 5.13 Å². The molecule has 2 amide bonds. The highest BCUT2D eigenvalue weighted by molar-refractivity contribution is 7.18. The Labute approximate surface area is 406 Å². The number of aliphatic hydroxyl groups excluding tert-OH is 2. The Morgan fingerprint density at radius 3 is 1.80 bits per heavy atom. The monoisotopic (exact) mass is 963 g/mol. The minimum absolute atomic E-state index is 0.128. The molecular formula is C49H49N13O5S2. The molecule has 8 aromatic rings. The predicted octanol–water partition coefficient (Wildman–Crippen LogP) is 7.64. The third-order valence-corrected chi connectivity index (χ3v) is 12.2. The van der Waals surface area contributed by atoms with Crippen LogP contribution in [0.4, 0.5) is 28.1 Å². The van der Waals surface area contributed by atoms with Gasteiger partial charge in [-0.05, 0) is 30.7 Å². The van der Waals surface area contributed by atoms with Crippen LogP contribution in [0.2, 0.25) is 0 Å². The van der Waals surface area contributed by atoms with E-state index in [0.29, 0.717) is 52.9 Å². The van der Waals surface area contributed by atoms with Gasteiger partial charge in [-0.3, -0.25) is 9.59 Å². The number of ether oxygens (including phenoxy) is 1. The highest BCUT2D eigenvalue weighted by atomic mass is 32.1. The fourth-order valence-electron chi connectivity index (χ4n) is 6.90. The smallest absolute Gasteiger partial charge is 0.274 e. The first-order chi connectivity index (χ1) is 33.9. The second-order valence-electron chi connectivity index (χ2n) is 15.4. The average Bonchev–Trinajstić information content (AvgIpc) is 4.14. The second kappa shape index (κ2) is 23.9. The van der Waals surface area contributed by atoms with Crippen molar-refractivity contribution in [1.82, 2.24) is 40.3 Å². The lowest BCUT2D eigenvalue weighted by molar-refractivity contribution is 0.101. The third kappa shape index (κ3) is 12.7. The van der Waals surface area contributed by atoms with Gasteiger partial charge in [0.25, 0.3) is 11.8 Å². The molecule has 4 aromatic heterocycles. The molecule has 18 nitrogen and oxygen atoms in total. The van der Waals surface area contributed by atoms with E-state index in [1.807, 2.05) is 103 Å². The Hall–Kier alpha value is -7.62. The highest BCUT2D eigenvalue weighted by Crippen LogP contribution is 2.34. The molecule has 4 aromatic carbocycles. The van der Waals surface area contributed by atoms with Crippen LogP contribution in [0, 0.1) is 0 Å². The maximum atomic E-state index is 13.4. The minimum Gasteiger partial charge on any atom is -0.394 e. The van der Waals surface area contributed by atoms with Crippen LogP contribution in [0.25, 0.3) is 43.9 Å². The Balaban J connectivity index is 0.000000188. The number of benzene rings is 4. The number of carbonyl (C=O) groups excluding carboxylic acids is 2. The maximum absolute atomic E-state index is 13.4. The van der Waals surface area contributed by atoms with Crippen molar-refractivity contribution in [1.29, 1.82) is 0 Å². The molecule has 0 atom stereocenters. The SMILES string of the molecule is CCCCNc1cc(C(=O)Nc2ccccc2-c2nnc(N3CCOCC3)s2)nc(-c2ccccc2)n1.O=C(Nc1ccccc1-c1nncs1)c1cc(NC(CO)CO)nc(-c2ccccc2)n1. The molecule has 1 aliphatic rings. The first kappa shape index (κ1) is 47.9. The molecular weight excluding hydrogens is 915 g/mol. The second-order valence-corrected chi connectivity index (χ2v) is 17.2. The molecule has 0 spiro atoms. The summed E-state index contributed by atoms with van der Waals surface area (Å²) in [5.41, 5.74) is 6.40. The average molecular weight is 964 g/mol. The lowest BCUT2D eigenvalue weighted by Crippen LogP contribution is -2.36. The van der Waals surface area contributed by atoms with Crippen molar-refractivity contribution in [2.24, 2.45) is 0 Å². The van der Waals surface area contributed by atoms with Crippen molar-refractivity contribution in [3.63, 3.8) is 0 Å². The van der Waals surface area contributed by atoms with Crippen molar-refractivity contribution in [3.05, 3.63) is 138 Å². The summed E-state index contributed by atoms with van der Waals surface area (Å²) in [6, 6.07) is 36.4. The van der Waals surface area contributed by atoms with Gasteiger partial charge in [-0.25, -0.2) is 19.9 Å². The normalized spacial score (nSPS) is 12.2.